The summed E-state index contributed by atoms with van der Waals surface area (Å²) in [6.45, 7) is 1.55. The number of rotatable bonds is 5. The molecule has 0 aliphatic carbocycles. The number of ether oxygens (including phenoxy) is 1. The molecular formula is C10H11Br2NO5S2. The van der Waals surface area contributed by atoms with Crippen molar-refractivity contribution in [1.29, 1.82) is 0 Å². The summed E-state index contributed by atoms with van der Waals surface area (Å²) >= 11 is 7.75. The third-order valence-electron chi connectivity index (χ3n) is 2.81. The van der Waals surface area contributed by atoms with Crippen molar-refractivity contribution in [2.75, 3.05) is 19.7 Å². The van der Waals surface area contributed by atoms with Crippen LogP contribution in [0.25, 0.3) is 0 Å². The maximum atomic E-state index is 12.4. The van der Waals surface area contributed by atoms with Crippen LogP contribution in [-0.4, -0.2) is 49.1 Å². The lowest BCUT2D eigenvalue weighted by Crippen LogP contribution is -2.63. The number of nitrogens with zero attached hydrogens (tertiary/aromatic N) is 1. The molecule has 1 aliphatic rings. The Hall–Kier alpha value is -0.000000000000000333. The standard InChI is InChI=1S/C10H11Br2NO5S2/c1-10(18-3-8(14)15)4-13(5-10)20(16,17)6-2-7(11)19-9(6)12/h2H,3-5H2,1H3,(H,14,15). The van der Waals surface area contributed by atoms with Crippen molar-refractivity contribution >= 4 is 59.2 Å². The zero-order valence-corrected chi connectivity index (χ0v) is 15.1. The summed E-state index contributed by atoms with van der Waals surface area (Å²) < 4.78 is 32.5. The number of carboxylic acid groups (broad SMARTS) is 1. The summed E-state index contributed by atoms with van der Waals surface area (Å²) in [5, 5.41) is 8.57. The van der Waals surface area contributed by atoms with Gasteiger partial charge in [-0.15, -0.1) is 11.3 Å². The second kappa shape index (κ2) is 5.65. The molecule has 0 spiro atoms. The van der Waals surface area contributed by atoms with Gasteiger partial charge in [-0.1, -0.05) is 0 Å². The van der Waals surface area contributed by atoms with Gasteiger partial charge < -0.3 is 9.84 Å². The molecule has 0 bridgehead atoms. The Balaban J connectivity index is 2.08. The van der Waals surface area contributed by atoms with Crippen LogP contribution in [0.5, 0.6) is 0 Å². The van der Waals surface area contributed by atoms with Crippen LogP contribution in [0.3, 0.4) is 0 Å². The van der Waals surface area contributed by atoms with E-state index in [1.807, 2.05) is 0 Å². The minimum absolute atomic E-state index is 0.141. The molecule has 1 aliphatic heterocycles. The average molecular weight is 449 g/mol. The number of carbonyl (C=O) groups is 1. The van der Waals surface area contributed by atoms with E-state index in [4.69, 9.17) is 9.84 Å². The fourth-order valence-electron chi connectivity index (χ4n) is 1.84. The van der Waals surface area contributed by atoms with Crippen molar-refractivity contribution in [1.82, 2.24) is 4.31 Å². The number of halogens is 2. The van der Waals surface area contributed by atoms with Crippen LogP contribution >= 0.6 is 43.2 Å². The number of carboxylic acids is 1. The predicted molar refractivity (Wildman–Crippen MR) is 80.5 cm³/mol. The quantitative estimate of drug-likeness (QED) is 0.745. The fourth-order valence-corrected chi connectivity index (χ4v) is 7.26. The summed E-state index contributed by atoms with van der Waals surface area (Å²) in [6, 6.07) is 1.54. The Morgan fingerprint density at radius 3 is 2.60 bits per heavy atom. The largest absolute Gasteiger partial charge is 0.480 e. The molecule has 1 N–H and O–H groups in total. The molecule has 10 heteroatoms. The molecule has 0 unspecified atom stereocenters. The SMILES string of the molecule is CC1(OCC(=O)O)CN(S(=O)(=O)c2cc(Br)sc2Br)C1. The summed E-state index contributed by atoms with van der Waals surface area (Å²) in [4.78, 5) is 10.7. The van der Waals surface area contributed by atoms with E-state index in [1.54, 1.807) is 6.92 Å². The smallest absolute Gasteiger partial charge is 0.329 e. The second-order valence-corrected chi connectivity index (χ2v) is 10.2. The van der Waals surface area contributed by atoms with Gasteiger partial charge >= 0.3 is 5.97 Å². The summed E-state index contributed by atoms with van der Waals surface area (Å²) in [5.74, 6) is -1.07. The van der Waals surface area contributed by atoms with Crippen molar-refractivity contribution in [2.45, 2.75) is 17.4 Å². The molecule has 2 heterocycles. The first-order chi connectivity index (χ1) is 9.14. The third-order valence-corrected chi connectivity index (χ3v) is 7.36. The monoisotopic (exact) mass is 447 g/mol. The van der Waals surface area contributed by atoms with Gasteiger partial charge in [0.25, 0.3) is 0 Å². The van der Waals surface area contributed by atoms with E-state index in [-0.39, 0.29) is 18.0 Å². The summed E-state index contributed by atoms with van der Waals surface area (Å²) in [6.07, 6.45) is 0. The van der Waals surface area contributed by atoms with Crippen molar-refractivity contribution in [3.8, 4) is 0 Å². The van der Waals surface area contributed by atoms with Crippen molar-refractivity contribution in [3.63, 3.8) is 0 Å². The Morgan fingerprint density at radius 2 is 2.15 bits per heavy atom. The van der Waals surface area contributed by atoms with E-state index in [9.17, 15) is 13.2 Å². The summed E-state index contributed by atoms with van der Waals surface area (Å²) in [7, 11) is -3.58. The molecule has 1 fully saturated rings. The lowest BCUT2D eigenvalue weighted by molar-refractivity contribution is -0.157. The molecule has 0 atom stereocenters. The highest BCUT2D eigenvalue weighted by Crippen LogP contribution is 2.39. The van der Waals surface area contributed by atoms with Crippen molar-refractivity contribution < 1.29 is 23.1 Å². The first kappa shape index (κ1) is 16.4. The van der Waals surface area contributed by atoms with Gasteiger partial charge in [0, 0.05) is 13.1 Å². The number of aliphatic carboxylic acids is 1. The minimum atomic E-state index is -3.58. The van der Waals surface area contributed by atoms with Gasteiger partial charge in [0.05, 0.1) is 13.2 Å². The highest BCUT2D eigenvalue weighted by molar-refractivity contribution is 9.12. The number of hydrogen-bond donors (Lipinski definition) is 1. The molecule has 0 amide bonds. The van der Waals surface area contributed by atoms with Crippen LogP contribution in [0.2, 0.25) is 0 Å². The van der Waals surface area contributed by atoms with E-state index in [1.165, 1.54) is 21.7 Å². The Kier molecular flexibility index (Phi) is 4.63. The number of hydrogen-bond acceptors (Lipinski definition) is 5. The molecule has 6 nitrogen and oxygen atoms in total. The van der Waals surface area contributed by atoms with Crippen LogP contribution in [0.4, 0.5) is 0 Å². The highest BCUT2D eigenvalue weighted by atomic mass is 79.9. The minimum Gasteiger partial charge on any atom is -0.480 e. The van der Waals surface area contributed by atoms with Crippen LogP contribution in [0, 0.1) is 0 Å². The highest BCUT2D eigenvalue weighted by Gasteiger charge is 2.47. The number of sulfonamides is 1. The molecular weight excluding hydrogens is 438 g/mol. The van der Waals surface area contributed by atoms with Crippen LogP contribution in [0.15, 0.2) is 18.5 Å². The molecule has 0 saturated carbocycles. The number of thiophene rings is 1. The second-order valence-electron chi connectivity index (χ2n) is 4.59. The van der Waals surface area contributed by atoms with Crippen molar-refractivity contribution in [3.05, 3.63) is 13.6 Å². The first-order valence-corrected chi connectivity index (χ1v) is 9.29. The van der Waals surface area contributed by atoms with Crippen LogP contribution in [-0.2, 0) is 19.6 Å². The van der Waals surface area contributed by atoms with E-state index < -0.39 is 28.2 Å². The Bertz CT molecular complexity index is 636. The molecule has 0 radical (unpaired) electrons. The van der Waals surface area contributed by atoms with Gasteiger partial charge in [-0.05, 0) is 44.8 Å². The first-order valence-electron chi connectivity index (χ1n) is 5.45. The zero-order valence-electron chi connectivity index (χ0n) is 10.3. The molecule has 1 aromatic rings. The van der Waals surface area contributed by atoms with Crippen LogP contribution < -0.4 is 0 Å². The van der Waals surface area contributed by atoms with E-state index in [0.29, 0.717) is 7.57 Å². The van der Waals surface area contributed by atoms with E-state index >= 15 is 0 Å². The zero-order chi connectivity index (χ0) is 15.1. The van der Waals surface area contributed by atoms with Gasteiger partial charge in [-0.2, -0.15) is 4.31 Å². The summed E-state index contributed by atoms with van der Waals surface area (Å²) in [5.41, 5.74) is -0.745. The average Bonchev–Trinajstić information content (AvgIpc) is 2.62. The normalized spacial score (nSPS) is 18.8. The van der Waals surface area contributed by atoms with Crippen LogP contribution in [0.1, 0.15) is 6.92 Å². The topological polar surface area (TPSA) is 83.9 Å². The molecule has 112 valence electrons. The van der Waals surface area contributed by atoms with Gasteiger partial charge in [0.15, 0.2) is 0 Å². The Morgan fingerprint density at radius 1 is 1.55 bits per heavy atom. The fraction of sp³-hybridized carbons (Fsp3) is 0.500. The van der Waals surface area contributed by atoms with Gasteiger partial charge in [0.2, 0.25) is 10.0 Å². The maximum absolute atomic E-state index is 12.4. The molecule has 2 rings (SSSR count). The molecule has 0 aromatic carbocycles. The van der Waals surface area contributed by atoms with E-state index in [0.717, 1.165) is 0 Å². The van der Waals surface area contributed by atoms with Gasteiger partial charge in [0.1, 0.15) is 11.5 Å². The lowest BCUT2D eigenvalue weighted by atomic mass is 10.0. The van der Waals surface area contributed by atoms with E-state index in [2.05, 4.69) is 31.9 Å². The molecule has 20 heavy (non-hydrogen) atoms. The van der Waals surface area contributed by atoms with Gasteiger partial charge in [-0.25, -0.2) is 13.2 Å². The Labute approximate surface area is 137 Å². The maximum Gasteiger partial charge on any atom is 0.329 e. The molecule has 1 aromatic heterocycles. The lowest BCUT2D eigenvalue weighted by Gasteiger charge is -2.45. The molecule has 1 saturated heterocycles. The third kappa shape index (κ3) is 3.25. The predicted octanol–water partition coefficient (Wildman–Crippen LogP) is 2.14. The van der Waals surface area contributed by atoms with Gasteiger partial charge in [-0.3, -0.25) is 0 Å². The van der Waals surface area contributed by atoms with Crippen molar-refractivity contribution in [2.24, 2.45) is 0 Å².